The van der Waals surface area contributed by atoms with E-state index in [1.165, 1.54) is 0 Å². The van der Waals surface area contributed by atoms with Gasteiger partial charge < -0.3 is 4.90 Å². The van der Waals surface area contributed by atoms with Gasteiger partial charge in [-0.25, -0.2) is 4.39 Å². The molecule has 0 saturated carbocycles. The summed E-state index contributed by atoms with van der Waals surface area (Å²) in [6.07, 6.45) is 1.03. The van der Waals surface area contributed by atoms with Gasteiger partial charge in [0.25, 0.3) is 0 Å². The molecule has 0 aliphatic carbocycles. The van der Waals surface area contributed by atoms with Gasteiger partial charge in [0.1, 0.15) is 5.82 Å². The number of hydrogen-bond donors (Lipinski definition) is 0. The van der Waals surface area contributed by atoms with Gasteiger partial charge in [0.05, 0.1) is 11.0 Å². The Balaban J connectivity index is 2.81. The lowest BCUT2D eigenvalue weighted by molar-refractivity contribution is -0.387. The molecule has 1 aromatic rings. The van der Waals surface area contributed by atoms with Crippen LogP contribution in [0, 0.1) is 21.7 Å². The smallest absolute Gasteiger partial charge is 0.307 e. The second-order valence-electron chi connectivity index (χ2n) is 4.06. The molecule has 0 aliphatic rings. The Morgan fingerprint density at radius 1 is 1.29 bits per heavy atom. The summed E-state index contributed by atoms with van der Waals surface area (Å²) >= 11 is 0. The highest BCUT2D eigenvalue weighted by molar-refractivity contribution is 5.36. The summed E-state index contributed by atoms with van der Waals surface area (Å²) < 4.78 is 26.7. The van der Waals surface area contributed by atoms with Crippen LogP contribution in [0.2, 0.25) is 0 Å². The second kappa shape index (κ2) is 5.67. The number of halogens is 2. The van der Waals surface area contributed by atoms with E-state index < -0.39 is 22.2 Å². The lowest BCUT2D eigenvalue weighted by Crippen LogP contribution is -2.13. The van der Waals surface area contributed by atoms with Gasteiger partial charge in [-0.05, 0) is 45.1 Å². The molecule has 1 aromatic carbocycles. The molecule has 6 heteroatoms. The maximum Gasteiger partial charge on any atom is 0.307 e. The fourth-order valence-electron chi connectivity index (χ4n) is 1.49. The normalized spacial score (nSPS) is 10.9. The van der Waals surface area contributed by atoms with Gasteiger partial charge in [-0.2, -0.15) is 4.39 Å². The summed E-state index contributed by atoms with van der Waals surface area (Å²) in [6.45, 7) is 0.748. The van der Waals surface area contributed by atoms with Crippen LogP contribution >= 0.6 is 0 Å². The lowest BCUT2D eigenvalue weighted by Gasteiger charge is -2.09. The summed E-state index contributed by atoms with van der Waals surface area (Å²) in [7, 11) is 3.76. The van der Waals surface area contributed by atoms with E-state index in [1.54, 1.807) is 0 Å². The van der Waals surface area contributed by atoms with Gasteiger partial charge in [0.2, 0.25) is 5.82 Å². The van der Waals surface area contributed by atoms with Crippen LogP contribution in [0.5, 0.6) is 0 Å². The average Bonchev–Trinajstić information content (AvgIpc) is 2.21. The molecule has 0 bridgehead atoms. The van der Waals surface area contributed by atoms with Crippen LogP contribution in [0.3, 0.4) is 0 Å². The Morgan fingerprint density at radius 3 is 2.47 bits per heavy atom. The summed E-state index contributed by atoms with van der Waals surface area (Å²) in [4.78, 5) is 11.4. The molecule has 0 aliphatic heterocycles. The largest absolute Gasteiger partial charge is 0.309 e. The minimum absolute atomic E-state index is 0.176. The van der Waals surface area contributed by atoms with Crippen LogP contribution in [0.15, 0.2) is 12.1 Å². The third kappa shape index (κ3) is 3.74. The fourth-order valence-corrected chi connectivity index (χ4v) is 1.49. The van der Waals surface area contributed by atoms with E-state index in [4.69, 9.17) is 0 Å². The first kappa shape index (κ1) is 13.5. The van der Waals surface area contributed by atoms with Crippen molar-refractivity contribution < 1.29 is 13.7 Å². The topological polar surface area (TPSA) is 46.4 Å². The Labute approximate surface area is 98.0 Å². The predicted molar refractivity (Wildman–Crippen MR) is 59.9 cm³/mol. The summed E-state index contributed by atoms with van der Waals surface area (Å²) in [6, 6.07) is 1.55. The van der Waals surface area contributed by atoms with Gasteiger partial charge in [0, 0.05) is 0 Å². The van der Waals surface area contributed by atoms with E-state index in [9.17, 15) is 18.9 Å². The molecule has 0 N–H and O–H groups in total. The van der Waals surface area contributed by atoms with Crippen molar-refractivity contribution in [2.75, 3.05) is 20.6 Å². The zero-order valence-electron chi connectivity index (χ0n) is 9.74. The molecule has 0 radical (unpaired) electrons. The number of hydrogen-bond acceptors (Lipinski definition) is 3. The minimum Gasteiger partial charge on any atom is -0.309 e. The van der Waals surface area contributed by atoms with Crippen molar-refractivity contribution in [1.29, 1.82) is 0 Å². The van der Waals surface area contributed by atoms with Gasteiger partial charge in [-0.15, -0.1) is 0 Å². The highest BCUT2D eigenvalue weighted by Crippen LogP contribution is 2.22. The first-order chi connectivity index (χ1) is 7.91. The highest BCUT2D eigenvalue weighted by Gasteiger charge is 2.18. The molecular weight excluding hydrogens is 230 g/mol. The molecule has 0 aromatic heterocycles. The molecule has 94 valence electrons. The molecule has 17 heavy (non-hydrogen) atoms. The molecule has 0 amide bonds. The quantitative estimate of drug-likeness (QED) is 0.590. The van der Waals surface area contributed by atoms with Crippen LogP contribution in [-0.4, -0.2) is 30.5 Å². The summed E-state index contributed by atoms with van der Waals surface area (Å²) in [5.74, 6) is -1.71. The summed E-state index contributed by atoms with van der Waals surface area (Å²) in [5.41, 5.74) is -0.645. The molecule has 0 saturated heterocycles. The van der Waals surface area contributed by atoms with Crippen molar-refractivity contribution >= 4 is 5.69 Å². The van der Waals surface area contributed by atoms with E-state index in [2.05, 4.69) is 0 Å². The zero-order valence-corrected chi connectivity index (χ0v) is 9.74. The van der Waals surface area contributed by atoms with Crippen molar-refractivity contribution in [1.82, 2.24) is 4.90 Å². The molecule has 0 heterocycles. The fraction of sp³-hybridized carbons (Fsp3) is 0.455. The van der Waals surface area contributed by atoms with E-state index in [-0.39, 0.29) is 5.56 Å². The number of nitro groups is 1. The first-order valence-electron chi connectivity index (χ1n) is 5.19. The SMILES string of the molecule is CN(C)CCCc1cc(F)c([N+](=O)[O-])cc1F. The van der Waals surface area contributed by atoms with Crippen LogP contribution in [0.4, 0.5) is 14.5 Å². The first-order valence-corrected chi connectivity index (χ1v) is 5.19. The van der Waals surface area contributed by atoms with E-state index in [1.807, 2.05) is 19.0 Å². The number of nitrogens with zero attached hydrogens (tertiary/aromatic N) is 2. The molecule has 0 fully saturated rings. The monoisotopic (exact) mass is 244 g/mol. The van der Waals surface area contributed by atoms with Gasteiger partial charge >= 0.3 is 5.69 Å². The minimum atomic E-state index is -0.990. The molecular formula is C11H14F2N2O2. The van der Waals surface area contributed by atoms with Gasteiger partial charge in [0.15, 0.2) is 0 Å². The van der Waals surface area contributed by atoms with Crippen molar-refractivity contribution in [2.45, 2.75) is 12.8 Å². The molecule has 0 atom stereocenters. The number of rotatable bonds is 5. The van der Waals surface area contributed by atoms with Crippen molar-refractivity contribution in [2.24, 2.45) is 0 Å². The number of nitro benzene ring substituents is 1. The Morgan fingerprint density at radius 2 is 1.94 bits per heavy atom. The average molecular weight is 244 g/mol. The molecule has 0 unspecified atom stereocenters. The maximum absolute atomic E-state index is 13.4. The van der Waals surface area contributed by atoms with Crippen LogP contribution < -0.4 is 0 Å². The van der Waals surface area contributed by atoms with Crippen molar-refractivity contribution in [3.05, 3.63) is 39.4 Å². The zero-order chi connectivity index (χ0) is 13.0. The van der Waals surface area contributed by atoms with Crippen LogP contribution in [-0.2, 0) is 6.42 Å². The highest BCUT2D eigenvalue weighted by atomic mass is 19.1. The van der Waals surface area contributed by atoms with E-state index >= 15 is 0 Å². The lowest BCUT2D eigenvalue weighted by atomic mass is 10.1. The number of benzene rings is 1. The van der Waals surface area contributed by atoms with Crippen LogP contribution in [0.25, 0.3) is 0 Å². The van der Waals surface area contributed by atoms with E-state index in [0.717, 1.165) is 12.6 Å². The predicted octanol–water partition coefficient (Wildman–Crippen LogP) is 2.37. The second-order valence-corrected chi connectivity index (χ2v) is 4.06. The standard InChI is InChI=1S/C11H14F2N2O2/c1-14(2)5-3-4-8-6-10(13)11(15(16)17)7-9(8)12/h6-7H,3-5H2,1-2H3. The third-order valence-corrected chi connectivity index (χ3v) is 2.36. The molecule has 0 spiro atoms. The third-order valence-electron chi connectivity index (χ3n) is 2.36. The molecule has 1 rings (SSSR count). The summed E-state index contributed by atoms with van der Waals surface area (Å²) in [5, 5.41) is 10.4. The Bertz CT molecular complexity index is 422. The van der Waals surface area contributed by atoms with Crippen LogP contribution in [0.1, 0.15) is 12.0 Å². The van der Waals surface area contributed by atoms with Crippen molar-refractivity contribution in [3.63, 3.8) is 0 Å². The maximum atomic E-state index is 13.4. The number of aryl methyl sites for hydroxylation is 1. The Hall–Kier alpha value is -1.56. The van der Waals surface area contributed by atoms with E-state index in [0.29, 0.717) is 18.9 Å². The molecule has 4 nitrogen and oxygen atoms in total. The van der Waals surface area contributed by atoms with Crippen molar-refractivity contribution in [3.8, 4) is 0 Å². The van der Waals surface area contributed by atoms with Gasteiger partial charge in [-0.3, -0.25) is 10.1 Å². The van der Waals surface area contributed by atoms with Gasteiger partial charge in [-0.1, -0.05) is 0 Å². The Kier molecular flexibility index (Phi) is 4.51.